The Hall–Kier alpha value is -0.940. The van der Waals surface area contributed by atoms with Gasteiger partial charge in [-0.15, -0.1) is 0 Å². The van der Waals surface area contributed by atoms with Crippen molar-refractivity contribution in [2.45, 2.75) is 38.4 Å². The smallest absolute Gasteiger partial charge is 0.320 e. The number of hydrogen-bond donors (Lipinski definition) is 1. The van der Waals surface area contributed by atoms with E-state index in [0.717, 1.165) is 18.4 Å². The molecule has 0 aliphatic heterocycles. The molecule has 1 aromatic carbocycles. The van der Waals surface area contributed by atoms with Gasteiger partial charge < -0.3 is 5.11 Å². The van der Waals surface area contributed by atoms with E-state index in [1.165, 1.54) is 6.07 Å². The molecule has 1 aromatic rings. The van der Waals surface area contributed by atoms with Crippen LogP contribution < -0.4 is 0 Å². The zero-order chi connectivity index (χ0) is 13.3. The monoisotopic (exact) mass is 315 g/mol. The van der Waals surface area contributed by atoms with Gasteiger partial charge >= 0.3 is 5.97 Å². The van der Waals surface area contributed by atoms with Crippen LogP contribution in [0.15, 0.2) is 22.7 Å². The molecule has 18 heavy (non-hydrogen) atoms. The van der Waals surface area contributed by atoms with Crippen LogP contribution in [0.1, 0.15) is 25.3 Å². The van der Waals surface area contributed by atoms with Crippen molar-refractivity contribution in [1.29, 1.82) is 0 Å². The van der Waals surface area contributed by atoms with Crippen molar-refractivity contribution in [3.63, 3.8) is 0 Å². The second-order valence-electron chi connectivity index (χ2n) is 4.67. The van der Waals surface area contributed by atoms with E-state index in [0.29, 0.717) is 17.1 Å². The third kappa shape index (κ3) is 3.09. The second-order valence-corrected chi connectivity index (χ2v) is 5.52. The molecule has 5 heteroatoms. The average Bonchev–Trinajstić information content (AvgIpc) is 3.13. The van der Waals surface area contributed by atoms with Crippen LogP contribution in [0.5, 0.6) is 0 Å². The molecule has 1 aliphatic rings. The van der Waals surface area contributed by atoms with Gasteiger partial charge in [0.1, 0.15) is 11.9 Å². The highest BCUT2D eigenvalue weighted by atomic mass is 79.9. The Morgan fingerprint density at radius 2 is 2.28 bits per heavy atom. The zero-order valence-electron chi connectivity index (χ0n) is 10.1. The predicted molar refractivity (Wildman–Crippen MR) is 69.8 cm³/mol. The predicted octanol–water partition coefficient (Wildman–Crippen LogP) is 3.03. The molecule has 1 aliphatic carbocycles. The summed E-state index contributed by atoms with van der Waals surface area (Å²) >= 11 is 3.11. The summed E-state index contributed by atoms with van der Waals surface area (Å²) in [5.74, 6) is -1.15. The number of carboxylic acid groups (broad SMARTS) is 1. The van der Waals surface area contributed by atoms with E-state index in [9.17, 15) is 9.18 Å². The molecule has 0 aromatic heterocycles. The van der Waals surface area contributed by atoms with Gasteiger partial charge in [0.15, 0.2) is 0 Å². The molecule has 98 valence electrons. The second kappa shape index (κ2) is 5.36. The number of aliphatic carboxylic acids is 1. The maximum Gasteiger partial charge on any atom is 0.320 e. The third-order valence-electron chi connectivity index (χ3n) is 3.22. The van der Waals surface area contributed by atoms with Crippen LogP contribution in [-0.4, -0.2) is 28.1 Å². The van der Waals surface area contributed by atoms with Gasteiger partial charge in [0.25, 0.3) is 0 Å². The molecule has 3 nitrogen and oxygen atoms in total. The lowest BCUT2D eigenvalue weighted by molar-refractivity contribution is -0.143. The number of rotatable bonds is 5. The van der Waals surface area contributed by atoms with Crippen LogP contribution in [0, 0.1) is 5.82 Å². The molecule has 2 rings (SSSR count). The number of nitrogens with zero attached hydrogens (tertiary/aromatic N) is 1. The Morgan fingerprint density at radius 3 is 2.78 bits per heavy atom. The van der Waals surface area contributed by atoms with Crippen molar-refractivity contribution < 1.29 is 14.3 Å². The van der Waals surface area contributed by atoms with Gasteiger partial charge in [-0.3, -0.25) is 9.69 Å². The van der Waals surface area contributed by atoms with Crippen LogP contribution in [0.25, 0.3) is 0 Å². The first kappa shape index (κ1) is 13.5. The molecule has 1 unspecified atom stereocenters. The van der Waals surface area contributed by atoms with Crippen LogP contribution in [-0.2, 0) is 11.3 Å². The summed E-state index contributed by atoms with van der Waals surface area (Å²) in [7, 11) is 0. The number of hydrogen-bond acceptors (Lipinski definition) is 2. The fourth-order valence-electron chi connectivity index (χ4n) is 1.98. The largest absolute Gasteiger partial charge is 0.480 e. The Balaban J connectivity index is 2.13. The van der Waals surface area contributed by atoms with Crippen molar-refractivity contribution in [2.75, 3.05) is 0 Å². The molecule has 0 bridgehead atoms. The van der Waals surface area contributed by atoms with E-state index in [1.807, 2.05) is 11.0 Å². The third-order valence-corrected chi connectivity index (χ3v) is 3.86. The summed E-state index contributed by atoms with van der Waals surface area (Å²) in [6.07, 6.45) is 2.05. The fraction of sp³-hybridized carbons (Fsp3) is 0.462. The fourth-order valence-corrected chi connectivity index (χ4v) is 2.23. The zero-order valence-corrected chi connectivity index (χ0v) is 11.7. The minimum Gasteiger partial charge on any atom is -0.480 e. The topological polar surface area (TPSA) is 40.5 Å². The molecular weight excluding hydrogens is 301 g/mol. The minimum atomic E-state index is -0.834. The summed E-state index contributed by atoms with van der Waals surface area (Å²) in [5, 5.41) is 9.08. The maximum atomic E-state index is 13.4. The number of carbonyl (C=O) groups is 1. The molecule has 0 spiro atoms. The highest BCUT2D eigenvalue weighted by Crippen LogP contribution is 2.30. The Morgan fingerprint density at radius 1 is 1.61 bits per heavy atom. The van der Waals surface area contributed by atoms with E-state index in [-0.39, 0.29) is 5.82 Å². The molecule has 1 fully saturated rings. The maximum absolute atomic E-state index is 13.4. The van der Waals surface area contributed by atoms with E-state index in [1.54, 1.807) is 13.0 Å². The molecule has 0 radical (unpaired) electrons. The lowest BCUT2D eigenvalue weighted by Crippen LogP contribution is -2.40. The van der Waals surface area contributed by atoms with Gasteiger partial charge in [0, 0.05) is 12.6 Å². The molecule has 0 amide bonds. The molecule has 1 atom stereocenters. The van der Waals surface area contributed by atoms with Crippen LogP contribution in [0.2, 0.25) is 0 Å². The van der Waals surface area contributed by atoms with Gasteiger partial charge in [-0.25, -0.2) is 4.39 Å². The van der Waals surface area contributed by atoms with Crippen LogP contribution >= 0.6 is 15.9 Å². The highest BCUT2D eigenvalue weighted by Gasteiger charge is 2.34. The number of halogens is 2. The van der Waals surface area contributed by atoms with Gasteiger partial charge in [-0.05, 0) is 53.4 Å². The SMILES string of the molecule is CC(C(=O)O)N(Cc1ccc(Br)c(F)c1)C1CC1. The first-order chi connectivity index (χ1) is 8.49. The van der Waals surface area contributed by atoms with Crippen LogP contribution in [0.3, 0.4) is 0 Å². The van der Waals surface area contributed by atoms with Crippen molar-refractivity contribution >= 4 is 21.9 Å². The molecule has 1 saturated carbocycles. The number of benzene rings is 1. The Kier molecular flexibility index (Phi) is 4.02. The van der Waals surface area contributed by atoms with Gasteiger partial charge in [0.2, 0.25) is 0 Å². The van der Waals surface area contributed by atoms with Crippen LogP contribution in [0.4, 0.5) is 4.39 Å². The summed E-state index contributed by atoms with van der Waals surface area (Å²) in [6, 6.07) is 4.71. The van der Waals surface area contributed by atoms with Crippen molar-refractivity contribution in [2.24, 2.45) is 0 Å². The van der Waals surface area contributed by atoms with Gasteiger partial charge in [-0.2, -0.15) is 0 Å². The summed E-state index contributed by atoms with van der Waals surface area (Å²) in [5.41, 5.74) is 0.802. The summed E-state index contributed by atoms with van der Waals surface area (Å²) in [4.78, 5) is 13.0. The standard InChI is InChI=1S/C13H15BrFNO2/c1-8(13(17)18)16(10-3-4-10)7-9-2-5-11(14)12(15)6-9/h2,5-6,8,10H,3-4,7H2,1H3,(H,17,18). The molecule has 0 saturated heterocycles. The van der Waals surface area contributed by atoms with E-state index in [4.69, 9.17) is 5.11 Å². The molecule has 0 heterocycles. The average molecular weight is 316 g/mol. The van der Waals surface area contributed by atoms with E-state index < -0.39 is 12.0 Å². The quantitative estimate of drug-likeness (QED) is 0.908. The first-order valence-corrected chi connectivity index (χ1v) is 6.71. The van der Waals surface area contributed by atoms with Crippen molar-refractivity contribution in [1.82, 2.24) is 4.90 Å². The number of carboxylic acids is 1. The van der Waals surface area contributed by atoms with Gasteiger partial charge in [-0.1, -0.05) is 6.07 Å². The summed E-state index contributed by atoms with van der Waals surface area (Å²) in [6.45, 7) is 2.15. The van der Waals surface area contributed by atoms with E-state index in [2.05, 4.69) is 15.9 Å². The first-order valence-electron chi connectivity index (χ1n) is 5.91. The van der Waals surface area contributed by atoms with Gasteiger partial charge in [0.05, 0.1) is 4.47 Å². The molecule has 1 N–H and O–H groups in total. The van der Waals surface area contributed by atoms with E-state index >= 15 is 0 Å². The Bertz CT molecular complexity index is 462. The van der Waals surface area contributed by atoms with Crippen molar-refractivity contribution in [3.8, 4) is 0 Å². The lowest BCUT2D eigenvalue weighted by atomic mass is 10.1. The van der Waals surface area contributed by atoms with Crippen molar-refractivity contribution in [3.05, 3.63) is 34.1 Å². The highest BCUT2D eigenvalue weighted by molar-refractivity contribution is 9.10. The lowest BCUT2D eigenvalue weighted by Gasteiger charge is -2.26. The summed E-state index contributed by atoms with van der Waals surface area (Å²) < 4.78 is 13.9. The Labute approximate surface area is 114 Å². The minimum absolute atomic E-state index is 0.314. The molecular formula is C13H15BrFNO2. The normalized spacial score (nSPS) is 16.9.